The molecule has 4 nitrogen and oxygen atoms in total. The van der Waals surface area contributed by atoms with Gasteiger partial charge in [-0.2, -0.15) is 0 Å². The number of fused-ring (bicyclic) bond motifs is 1. The van der Waals surface area contributed by atoms with E-state index in [-0.39, 0.29) is 0 Å². The van der Waals surface area contributed by atoms with E-state index in [1.165, 1.54) is 5.56 Å². The maximum atomic E-state index is 6.02. The summed E-state index contributed by atoms with van der Waals surface area (Å²) in [5, 5.41) is 5.81. The van der Waals surface area contributed by atoms with Gasteiger partial charge in [-0.3, -0.25) is 4.68 Å². The molecule has 0 radical (unpaired) electrons. The van der Waals surface area contributed by atoms with E-state index in [0.29, 0.717) is 6.61 Å². The maximum Gasteiger partial charge on any atom is 0.240 e. The highest BCUT2D eigenvalue weighted by molar-refractivity contribution is 5.84. The standard InChI is InChI=1S/C21H27N3O/c1-3-23(4-2)15-10-16-25-21-19-13-8-9-14-20(19)24(22-21)17-18-11-6-5-7-12-18/h5-9,11-14H,3-4,10,15-17H2,1-2H3. The van der Waals surface area contributed by atoms with Gasteiger partial charge in [0.25, 0.3) is 0 Å². The zero-order chi connectivity index (χ0) is 17.5. The highest BCUT2D eigenvalue weighted by Crippen LogP contribution is 2.25. The number of nitrogens with zero attached hydrogens (tertiary/aromatic N) is 3. The average Bonchev–Trinajstić information content (AvgIpc) is 3.01. The van der Waals surface area contributed by atoms with Gasteiger partial charge in [-0.05, 0) is 37.2 Å². The van der Waals surface area contributed by atoms with Crippen LogP contribution < -0.4 is 4.74 Å². The summed E-state index contributed by atoms with van der Waals surface area (Å²) in [7, 11) is 0. The minimum absolute atomic E-state index is 0.697. The Kier molecular flexibility index (Phi) is 6.07. The normalized spacial score (nSPS) is 11.3. The molecule has 0 fully saturated rings. The third kappa shape index (κ3) is 4.40. The van der Waals surface area contributed by atoms with E-state index in [9.17, 15) is 0 Å². The number of hydrogen-bond acceptors (Lipinski definition) is 3. The van der Waals surface area contributed by atoms with Crippen molar-refractivity contribution in [2.75, 3.05) is 26.2 Å². The fourth-order valence-electron chi connectivity index (χ4n) is 3.08. The summed E-state index contributed by atoms with van der Waals surface area (Å²) in [6, 6.07) is 18.7. The maximum absolute atomic E-state index is 6.02. The minimum atomic E-state index is 0.697. The van der Waals surface area contributed by atoms with Crippen LogP contribution in [0, 0.1) is 0 Å². The van der Waals surface area contributed by atoms with Crippen molar-refractivity contribution in [1.82, 2.24) is 14.7 Å². The molecule has 0 saturated carbocycles. The molecular formula is C21H27N3O. The monoisotopic (exact) mass is 337 g/mol. The zero-order valence-electron chi connectivity index (χ0n) is 15.2. The first-order valence-corrected chi connectivity index (χ1v) is 9.16. The Balaban J connectivity index is 1.71. The van der Waals surface area contributed by atoms with E-state index < -0.39 is 0 Å². The molecule has 0 spiro atoms. The zero-order valence-corrected chi connectivity index (χ0v) is 15.2. The molecule has 0 aliphatic heterocycles. The molecule has 132 valence electrons. The van der Waals surface area contributed by atoms with Gasteiger partial charge in [0.1, 0.15) is 0 Å². The van der Waals surface area contributed by atoms with E-state index in [1.807, 2.05) is 16.8 Å². The Morgan fingerprint density at radius 1 is 0.960 bits per heavy atom. The van der Waals surface area contributed by atoms with Gasteiger partial charge in [0.15, 0.2) is 0 Å². The van der Waals surface area contributed by atoms with E-state index >= 15 is 0 Å². The van der Waals surface area contributed by atoms with Crippen LogP contribution in [0.4, 0.5) is 0 Å². The summed E-state index contributed by atoms with van der Waals surface area (Å²) >= 11 is 0. The van der Waals surface area contributed by atoms with Crippen LogP contribution in [0.2, 0.25) is 0 Å². The predicted octanol–water partition coefficient (Wildman–Crippen LogP) is 4.20. The lowest BCUT2D eigenvalue weighted by Gasteiger charge is -2.17. The lowest BCUT2D eigenvalue weighted by Crippen LogP contribution is -2.25. The molecule has 3 aromatic rings. The van der Waals surface area contributed by atoms with Gasteiger partial charge in [0, 0.05) is 6.54 Å². The molecule has 0 aliphatic rings. The summed E-state index contributed by atoms with van der Waals surface area (Å²) in [6.07, 6.45) is 1.02. The van der Waals surface area contributed by atoms with Gasteiger partial charge in [-0.1, -0.05) is 56.3 Å². The highest BCUT2D eigenvalue weighted by atomic mass is 16.5. The van der Waals surface area contributed by atoms with Crippen LogP contribution in [0.3, 0.4) is 0 Å². The Morgan fingerprint density at radius 2 is 1.68 bits per heavy atom. The SMILES string of the molecule is CCN(CC)CCCOc1nn(Cc2ccccc2)c2ccccc12. The van der Waals surface area contributed by atoms with E-state index in [4.69, 9.17) is 9.84 Å². The molecule has 25 heavy (non-hydrogen) atoms. The smallest absolute Gasteiger partial charge is 0.240 e. The Bertz CT molecular complexity index is 778. The van der Waals surface area contributed by atoms with Gasteiger partial charge in [0.2, 0.25) is 5.88 Å². The number of hydrogen-bond donors (Lipinski definition) is 0. The second-order valence-corrected chi connectivity index (χ2v) is 6.19. The van der Waals surface area contributed by atoms with Crippen molar-refractivity contribution in [2.24, 2.45) is 0 Å². The predicted molar refractivity (Wildman–Crippen MR) is 103 cm³/mol. The summed E-state index contributed by atoms with van der Waals surface area (Å²) < 4.78 is 8.05. The topological polar surface area (TPSA) is 30.3 Å². The molecule has 0 unspecified atom stereocenters. The van der Waals surface area contributed by atoms with Crippen molar-refractivity contribution in [1.29, 1.82) is 0 Å². The van der Waals surface area contributed by atoms with Crippen LogP contribution in [-0.2, 0) is 6.54 Å². The largest absolute Gasteiger partial charge is 0.476 e. The molecule has 0 atom stereocenters. The Morgan fingerprint density at radius 3 is 2.44 bits per heavy atom. The number of rotatable bonds is 9. The molecule has 0 N–H and O–H groups in total. The third-order valence-electron chi connectivity index (χ3n) is 4.55. The average molecular weight is 337 g/mol. The van der Waals surface area contributed by atoms with Crippen molar-refractivity contribution >= 4 is 10.9 Å². The molecule has 0 amide bonds. The first-order chi connectivity index (χ1) is 12.3. The van der Waals surface area contributed by atoms with Crippen LogP contribution in [0.25, 0.3) is 10.9 Å². The molecule has 4 heteroatoms. The first kappa shape index (κ1) is 17.5. The Labute approximate surface area is 150 Å². The van der Waals surface area contributed by atoms with Gasteiger partial charge < -0.3 is 9.64 Å². The third-order valence-corrected chi connectivity index (χ3v) is 4.55. The number of ether oxygens (including phenoxy) is 1. The lowest BCUT2D eigenvalue weighted by atomic mass is 10.2. The fourth-order valence-corrected chi connectivity index (χ4v) is 3.08. The van der Waals surface area contributed by atoms with Gasteiger partial charge >= 0.3 is 0 Å². The molecular weight excluding hydrogens is 310 g/mol. The summed E-state index contributed by atoms with van der Waals surface area (Å²) in [5.41, 5.74) is 2.36. The van der Waals surface area contributed by atoms with Gasteiger partial charge in [-0.25, -0.2) is 0 Å². The lowest BCUT2D eigenvalue weighted by molar-refractivity contribution is 0.244. The number of aromatic nitrogens is 2. The van der Waals surface area contributed by atoms with Crippen molar-refractivity contribution in [2.45, 2.75) is 26.8 Å². The van der Waals surface area contributed by atoms with Crippen molar-refractivity contribution < 1.29 is 4.74 Å². The van der Waals surface area contributed by atoms with Crippen LogP contribution in [-0.4, -0.2) is 40.9 Å². The minimum Gasteiger partial charge on any atom is -0.476 e. The van der Waals surface area contributed by atoms with Gasteiger partial charge in [0.05, 0.1) is 24.1 Å². The molecule has 0 bridgehead atoms. The fraction of sp³-hybridized carbons (Fsp3) is 0.381. The highest BCUT2D eigenvalue weighted by Gasteiger charge is 2.11. The van der Waals surface area contributed by atoms with E-state index in [2.05, 4.69) is 61.2 Å². The molecule has 1 aromatic heterocycles. The Hall–Kier alpha value is -2.33. The second-order valence-electron chi connectivity index (χ2n) is 6.19. The number of benzene rings is 2. The summed E-state index contributed by atoms with van der Waals surface area (Å²) in [6.45, 7) is 9.09. The second kappa shape index (κ2) is 8.67. The summed E-state index contributed by atoms with van der Waals surface area (Å²) in [5.74, 6) is 0.742. The van der Waals surface area contributed by atoms with Crippen molar-refractivity contribution in [3.8, 4) is 5.88 Å². The van der Waals surface area contributed by atoms with Crippen molar-refractivity contribution in [3.05, 3.63) is 60.2 Å². The van der Waals surface area contributed by atoms with Crippen LogP contribution >= 0.6 is 0 Å². The van der Waals surface area contributed by atoms with Crippen LogP contribution in [0.1, 0.15) is 25.8 Å². The van der Waals surface area contributed by atoms with Crippen molar-refractivity contribution in [3.63, 3.8) is 0 Å². The quantitative estimate of drug-likeness (QED) is 0.548. The van der Waals surface area contributed by atoms with Crippen LogP contribution in [0.15, 0.2) is 54.6 Å². The summed E-state index contributed by atoms with van der Waals surface area (Å²) in [4.78, 5) is 2.41. The van der Waals surface area contributed by atoms with E-state index in [0.717, 1.165) is 49.4 Å². The number of para-hydroxylation sites is 1. The molecule has 3 rings (SSSR count). The molecule has 2 aromatic carbocycles. The molecule has 1 heterocycles. The van der Waals surface area contributed by atoms with Crippen LogP contribution in [0.5, 0.6) is 5.88 Å². The van der Waals surface area contributed by atoms with Gasteiger partial charge in [-0.15, -0.1) is 5.10 Å². The molecule has 0 saturated heterocycles. The molecule has 0 aliphatic carbocycles. The first-order valence-electron chi connectivity index (χ1n) is 9.16. The van der Waals surface area contributed by atoms with E-state index in [1.54, 1.807) is 0 Å².